The maximum absolute atomic E-state index is 13.1. The van der Waals surface area contributed by atoms with Gasteiger partial charge in [-0.3, -0.25) is 4.72 Å². The van der Waals surface area contributed by atoms with E-state index >= 15 is 0 Å². The number of aromatic nitrogens is 2. The van der Waals surface area contributed by atoms with Gasteiger partial charge in [-0.25, -0.2) is 9.37 Å². The molecule has 0 saturated heterocycles. The van der Waals surface area contributed by atoms with Gasteiger partial charge in [0.05, 0.1) is 5.69 Å². The molecule has 1 heterocycles. The lowest BCUT2D eigenvalue weighted by Crippen LogP contribution is -2.13. The summed E-state index contributed by atoms with van der Waals surface area (Å²) in [4.78, 5) is 3.91. The number of nitrogens with zero attached hydrogens (tertiary/aromatic N) is 2. The van der Waals surface area contributed by atoms with Crippen LogP contribution in [0.15, 0.2) is 29.4 Å². The summed E-state index contributed by atoms with van der Waals surface area (Å²) in [6.45, 7) is 1.68. The van der Waals surface area contributed by atoms with Gasteiger partial charge >= 0.3 is 0 Å². The van der Waals surface area contributed by atoms with Crippen LogP contribution in [0, 0.1) is 12.7 Å². The van der Waals surface area contributed by atoms with Gasteiger partial charge in [0.25, 0.3) is 10.0 Å². The summed E-state index contributed by atoms with van der Waals surface area (Å²) in [5, 5.41) is -0.129. The van der Waals surface area contributed by atoms with E-state index in [0.717, 1.165) is 12.1 Å². The molecule has 0 bridgehead atoms. The van der Waals surface area contributed by atoms with Crippen molar-refractivity contribution in [1.29, 1.82) is 0 Å². The largest absolute Gasteiger partial charge is 0.399 e. The predicted octanol–water partition coefficient (Wildman–Crippen LogP) is 1.25. The number of nitrogen functional groups attached to an aromatic ring is 1. The number of benzene rings is 1. The number of imidazole rings is 1. The van der Waals surface area contributed by atoms with E-state index in [0.29, 0.717) is 5.82 Å². The smallest absolute Gasteiger partial charge is 0.280 e. The first-order chi connectivity index (χ1) is 8.78. The molecule has 0 saturated carbocycles. The van der Waals surface area contributed by atoms with Crippen molar-refractivity contribution < 1.29 is 12.8 Å². The second-order valence-electron chi connectivity index (χ2n) is 4.12. The standard InChI is InChI=1S/C11H13FN4O2S/c1-7-14-11(6-16(7)2)19(17,18)15-10-4-8(12)3-9(13)5-10/h3-6,15H,13H2,1-2H3. The van der Waals surface area contributed by atoms with Gasteiger partial charge in [-0.2, -0.15) is 8.42 Å². The summed E-state index contributed by atoms with van der Waals surface area (Å²) in [6.07, 6.45) is 1.38. The summed E-state index contributed by atoms with van der Waals surface area (Å²) in [5.41, 5.74) is 5.64. The van der Waals surface area contributed by atoms with Crippen LogP contribution in [0.2, 0.25) is 0 Å². The lowest BCUT2D eigenvalue weighted by Gasteiger charge is -2.06. The van der Waals surface area contributed by atoms with E-state index in [1.807, 2.05) is 0 Å². The normalized spacial score (nSPS) is 11.5. The van der Waals surface area contributed by atoms with Gasteiger partial charge in [-0.05, 0) is 25.1 Å². The van der Waals surface area contributed by atoms with Gasteiger partial charge in [0.1, 0.15) is 11.6 Å². The quantitative estimate of drug-likeness (QED) is 0.830. The SMILES string of the molecule is Cc1nc(S(=O)(=O)Nc2cc(N)cc(F)c2)cn1C. The van der Waals surface area contributed by atoms with Crippen LogP contribution in [0.4, 0.5) is 15.8 Å². The first-order valence-electron chi connectivity index (χ1n) is 5.37. The van der Waals surface area contributed by atoms with Crippen molar-refractivity contribution in [3.05, 3.63) is 36.0 Å². The number of rotatable bonds is 3. The van der Waals surface area contributed by atoms with Gasteiger partial charge < -0.3 is 10.3 Å². The lowest BCUT2D eigenvalue weighted by atomic mass is 10.3. The maximum atomic E-state index is 13.1. The monoisotopic (exact) mass is 284 g/mol. The van der Waals surface area contributed by atoms with Crippen molar-refractivity contribution >= 4 is 21.4 Å². The highest BCUT2D eigenvalue weighted by molar-refractivity contribution is 7.92. The molecule has 102 valence electrons. The molecule has 0 unspecified atom stereocenters. The topological polar surface area (TPSA) is 90.0 Å². The Bertz CT molecular complexity index is 685. The van der Waals surface area contributed by atoms with Crippen molar-refractivity contribution in [2.24, 2.45) is 7.05 Å². The number of halogens is 1. The summed E-state index contributed by atoms with van der Waals surface area (Å²) >= 11 is 0. The fourth-order valence-electron chi connectivity index (χ4n) is 1.53. The highest BCUT2D eigenvalue weighted by atomic mass is 32.2. The Morgan fingerprint density at radius 2 is 2.05 bits per heavy atom. The van der Waals surface area contributed by atoms with Gasteiger partial charge in [0, 0.05) is 18.9 Å². The molecule has 0 amide bonds. The van der Waals surface area contributed by atoms with E-state index < -0.39 is 15.8 Å². The molecule has 0 aliphatic rings. The fourth-order valence-corrected chi connectivity index (χ4v) is 2.62. The first kappa shape index (κ1) is 13.3. The average Bonchev–Trinajstić information content (AvgIpc) is 2.57. The highest BCUT2D eigenvalue weighted by Crippen LogP contribution is 2.19. The van der Waals surface area contributed by atoms with E-state index in [4.69, 9.17) is 5.73 Å². The second kappa shape index (κ2) is 4.54. The predicted molar refractivity (Wildman–Crippen MR) is 69.6 cm³/mol. The Labute approximate surface area is 110 Å². The molecule has 0 atom stereocenters. The van der Waals surface area contributed by atoms with Crippen LogP contribution in [0.3, 0.4) is 0 Å². The van der Waals surface area contributed by atoms with Crippen LogP contribution >= 0.6 is 0 Å². The lowest BCUT2D eigenvalue weighted by molar-refractivity contribution is 0.598. The molecule has 8 heteroatoms. The minimum atomic E-state index is -3.85. The minimum Gasteiger partial charge on any atom is -0.399 e. The Kier molecular flexibility index (Phi) is 3.19. The number of nitrogens with two attached hydrogens (primary N) is 1. The van der Waals surface area contributed by atoms with E-state index in [-0.39, 0.29) is 16.4 Å². The molecule has 0 aliphatic heterocycles. The van der Waals surface area contributed by atoms with Crippen LogP contribution in [-0.2, 0) is 17.1 Å². The summed E-state index contributed by atoms with van der Waals surface area (Å²) in [5.74, 6) is -0.0611. The molecule has 1 aromatic heterocycles. The third-order valence-corrected chi connectivity index (χ3v) is 3.79. The zero-order valence-corrected chi connectivity index (χ0v) is 11.2. The molecular weight excluding hydrogens is 271 g/mol. The Morgan fingerprint density at radius 3 is 2.58 bits per heavy atom. The molecule has 0 aliphatic carbocycles. The number of aryl methyl sites for hydroxylation is 2. The average molecular weight is 284 g/mol. The molecule has 2 rings (SSSR count). The van der Waals surface area contributed by atoms with Crippen molar-refractivity contribution in [2.45, 2.75) is 11.9 Å². The van der Waals surface area contributed by atoms with Gasteiger partial charge in [-0.1, -0.05) is 0 Å². The van der Waals surface area contributed by atoms with E-state index in [9.17, 15) is 12.8 Å². The zero-order valence-electron chi connectivity index (χ0n) is 10.4. The number of nitrogens with one attached hydrogen (secondary N) is 1. The molecular formula is C11H13FN4O2S. The Hall–Kier alpha value is -2.09. The molecule has 1 aromatic carbocycles. The molecule has 2 aromatic rings. The van der Waals surface area contributed by atoms with Gasteiger partial charge in [-0.15, -0.1) is 0 Å². The molecule has 6 nitrogen and oxygen atoms in total. The fraction of sp³-hybridized carbons (Fsp3) is 0.182. The highest BCUT2D eigenvalue weighted by Gasteiger charge is 2.19. The minimum absolute atomic E-state index is 0.0563. The van der Waals surface area contributed by atoms with Crippen molar-refractivity contribution in [3.8, 4) is 0 Å². The maximum Gasteiger partial charge on any atom is 0.280 e. The van der Waals surface area contributed by atoms with Crippen molar-refractivity contribution in [2.75, 3.05) is 10.5 Å². The number of hydrogen-bond donors (Lipinski definition) is 2. The third-order valence-electron chi connectivity index (χ3n) is 2.53. The van der Waals surface area contributed by atoms with E-state index in [2.05, 4.69) is 9.71 Å². The summed E-state index contributed by atoms with van der Waals surface area (Å²) in [7, 11) is -2.17. The second-order valence-corrected chi connectivity index (χ2v) is 5.75. The molecule has 0 radical (unpaired) electrons. The molecule has 0 spiro atoms. The molecule has 3 N–H and O–H groups in total. The van der Waals surface area contributed by atoms with Gasteiger partial charge in [0.2, 0.25) is 0 Å². The Morgan fingerprint density at radius 1 is 1.37 bits per heavy atom. The van der Waals surface area contributed by atoms with Gasteiger partial charge in [0.15, 0.2) is 5.03 Å². The third kappa shape index (κ3) is 2.84. The van der Waals surface area contributed by atoms with Crippen LogP contribution < -0.4 is 10.5 Å². The van der Waals surface area contributed by atoms with E-state index in [1.165, 1.54) is 12.3 Å². The first-order valence-corrected chi connectivity index (χ1v) is 6.85. The Balaban J connectivity index is 2.36. The van der Waals surface area contributed by atoms with Crippen LogP contribution in [0.5, 0.6) is 0 Å². The zero-order chi connectivity index (χ0) is 14.2. The van der Waals surface area contributed by atoms with Crippen LogP contribution in [0.1, 0.15) is 5.82 Å². The number of sulfonamides is 1. The summed E-state index contributed by atoms with van der Waals surface area (Å²) < 4.78 is 41.0. The van der Waals surface area contributed by atoms with E-state index in [1.54, 1.807) is 18.5 Å². The van der Waals surface area contributed by atoms with Crippen LogP contribution in [0.25, 0.3) is 0 Å². The number of anilines is 2. The molecule has 19 heavy (non-hydrogen) atoms. The summed E-state index contributed by atoms with van der Waals surface area (Å²) in [6, 6.07) is 3.48. The number of hydrogen-bond acceptors (Lipinski definition) is 4. The van der Waals surface area contributed by atoms with Crippen molar-refractivity contribution in [1.82, 2.24) is 9.55 Å². The van der Waals surface area contributed by atoms with Crippen molar-refractivity contribution in [3.63, 3.8) is 0 Å². The van der Waals surface area contributed by atoms with Crippen LogP contribution in [-0.4, -0.2) is 18.0 Å². The molecule has 0 fully saturated rings.